The second-order valence-electron chi connectivity index (χ2n) is 5.85. The number of nitrogens with two attached hydrogens (primary N) is 1. The Bertz CT molecular complexity index is 432. The zero-order chi connectivity index (χ0) is 15.1. The summed E-state index contributed by atoms with van der Waals surface area (Å²) in [6.07, 6.45) is 6.22. The Balaban J connectivity index is 1.55. The number of benzene rings is 1. The lowest BCUT2D eigenvalue weighted by Crippen LogP contribution is -2.29. The van der Waals surface area contributed by atoms with Gasteiger partial charge >= 0.3 is 0 Å². The quantitative estimate of drug-likeness (QED) is 0.665. The fourth-order valence-corrected chi connectivity index (χ4v) is 3.20. The monoisotopic (exact) mass is 329 g/mol. The minimum absolute atomic E-state index is 0.445. The molecule has 0 heterocycles. The highest BCUT2D eigenvalue weighted by atomic mass is 35.5. The van der Waals surface area contributed by atoms with Crippen LogP contribution >= 0.6 is 23.2 Å². The normalized spacial score (nSPS) is 22.2. The highest BCUT2D eigenvalue weighted by Crippen LogP contribution is 2.29. The van der Waals surface area contributed by atoms with Crippen LogP contribution < -0.4 is 16.4 Å². The zero-order valence-electron chi connectivity index (χ0n) is 12.4. The number of hydrogen-bond acceptors (Lipinski definition) is 3. The third-order valence-corrected chi connectivity index (χ3v) is 5.01. The molecule has 1 aromatic rings. The van der Waals surface area contributed by atoms with Crippen LogP contribution in [-0.4, -0.2) is 25.7 Å². The number of halogens is 2. The van der Waals surface area contributed by atoms with Crippen molar-refractivity contribution >= 4 is 28.9 Å². The summed E-state index contributed by atoms with van der Waals surface area (Å²) >= 11 is 12.1. The number of hydrogen-bond donors (Lipinski definition) is 3. The van der Waals surface area contributed by atoms with Crippen LogP contribution in [0, 0.1) is 5.92 Å². The number of nitrogens with one attached hydrogen (secondary N) is 2. The Labute approximate surface area is 137 Å². The molecule has 1 saturated carbocycles. The van der Waals surface area contributed by atoms with Crippen molar-refractivity contribution in [1.29, 1.82) is 0 Å². The molecule has 0 amide bonds. The maximum atomic E-state index is 6.12. The molecule has 3 nitrogen and oxygen atoms in total. The lowest BCUT2D eigenvalue weighted by Gasteiger charge is -2.26. The van der Waals surface area contributed by atoms with Crippen LogP contribution in [0.5, 0.6) is 0 Å². The maximum absolute atomic E-state index is 6.12. The van der Waals surface area contributed by atoms with E-state index in [1.807, 2.05) is 12.1 Å². The number of anilines is 1. The minimum atomic E-state index is 0.445. The molecule has 1 aliphatic carbocycles. The van der Waals surface area contributed by atoms with E-state index >= 15 is 0 Å². The molecule has 2 rings (SSSR count). The van der Waals surface area contributed by atoms with E-state index in [1.165, 1.54) is 32.1 Å². The first-order valence-electron chi connectivity index (χ1n) is 7.81. The van der Waals surface area contributed by atoms with Crippen LogP contribution in [0.1, 0.15) is 32.1 Å². The molecule has 0 aliphatic heterocycles. The van der Waals surface area contributed by atoms with Gasteiger partial charge in [-0.05, 0) is 56.7 Å². The summed E-state index contributed by atoms with van der Waals surface area (Å²) in [6, 6.07) is 6.08. The van der Waals surface area contributed by atoms with E-state index in [0.717, 1.165) is 31.2 Å². The SMILES string of the molecule is NC1CCC(CCNCCNc2cccc(Cl)c2Cl)CC1. The van der Waals surface area contributed by atoms with Crippen LogP contribution in [0.3, 0.4) is 0 Å². The van der Waals surface area contributed by atoms with Gasteiger partial charge in [-0.2, -0.15) is 0 Å². The molecular weight excluding hydrogens is 305 g/mol. The summed E-state index contributed by atoms with van der Waals surface area (Å²) in [6.45, 7) is 2.84. The molecule has 0 radical (unpaired) electrons. The predicted octanol–water partition coefficient (Wildman–Crippen LogP) is 3.90. The molecule has 0 unspecified atom stereocenters. The summed E-state index contributed by atoms with van der Waals surface area (Å²) in [5, 5.41) is 7.96. The van der Waals surface area contributed by atoms with Crippen LogP contribution in [0.25, 0.3) is 0 Å². The Morgan fingerprint density at radius 1 is 1.05 bits per heavy atom. The zero-order valence-corrected chi connectivity index (χ0v) is 13.9. The summed E-state index contributed by atoms with van der Waals surface area (Å²) in [5.41, 5.74) is 6.82. The van der Waals surface area contributed by atoms with Crippen molar-refractivity contribution in [3.8, 4) is 0 Å². The molecular formula is C16H25Cl2N3. The molecule has 1 aliphatic rings. The summed E-state index contributed by atoms with van der Waals surface area (Å²) in [7, 11) is 0. The predicted molar refractivity (Wildman–Crippen MR) is 92.4 cm³/mol. The second kappa shape index (κ2) is 8.84. The molecule has 1 fully saturated rings. The maximum Gasteiger partial charge on any atom is 0.0823 e. The van der Waals surface area contributed by atoms with Crippen molar-refractivity contribution in [2.75, 3.05) is 25.0 Å². The topological polar surface area (TPSA) is 50.1 Å². The Hall–Kier alpha value is -0.480. The molecule has 0 atom stereocenters. The van der Waals surface area contributed by atoms with Gasteiger partial charge in [0.25, 0.3) is 0 Å². The van der Waals surface area contributed by atoms with E-state index in [4.69, 9.17) is 28.9 Å². The molecule has 118 valence electrons. The molecule has 1 aromatic carbocycles. The van der Waals surface area contributed by atoms with Crippen LogP contribution in [-0.2, 0) is 0 Å². The van der Waals surface area contributed by atoms with Crippen molar-refractivity contribution in [3.63, 3.8) is 0 Å². The van der Waals surface area contributed by atoms with Gasteiger partial charge < -0.3 is 16.4 Å². The first kappa shape index (κ1) is 16.9. The van der Waals surface area contributed by atoms with E-state index in [9.17, 15) is 0 Å². The van der Waals surface area contributed by atoms with Gasteiger partial charge in [0.1, 0.15) is 0 Å². The summed E-state index contributed by atoms with van der Waals surface area (Å²) in [5.74, 6) is 0.854. The van der Waals surface area contributed by atoms with Gasteiger partial charge in [0.2, 0.25) is 0 Å². The average Bonchev–Trinajstić information content (AvgIpc) is 2.49. The Morgan fingerprint density at radius 3 is 2.57 bits per heavy atom. The molecule has 0 saturated heterocycles. The van der Waals surface area contributed by atoms with Gasteiger partial charge in [-0.15, -0.1) is 0 Å². The first-order chi connectivity index (χ1) is 10.2. The molecule has 0 spiro atoms. The lowest BCUT2D eigenvalue weighted by molar-refractivity contribution is 0.308. The highest BCUT2D eigenvalue weighted by molar-refractivity contribution is 6.43. The van der Waals surface area contributed by atoms with Crippen molar-refractivity contribution in [2.24, 2.45) is 11.7 Å². The van der Waals surface area contributed by atoms with Crippen molar-refractivity contribution in [2.45, 2.75) is 38.1 Å². The van der Waals surface area contributed by atoms with E-state index in [-0.39, 0.29) is 0 Å². The Morgan fingerprint density at radius 2 is 1.81 bits per heavy atom. The van der Waals surface area contributed by atoms with Crippen LogP contribution in [0.2, 0.25) is 10.0 Å². The van der Waals surface area contributed by atoms with Gasteiger partial charge in [0.15, 0.2) is 0 Å². The van der Waals surface area contributed by atoms with Gasteiger partial charge in [0.05, 0.1) is 15.7 Å². The smallest absolute Gasteiger partial charge is 0.0823 e. The van der Waals surface area contributed by atoms with Crippen LogP contribution in [0.15, 0.2) is 18.2 Å². The van der Waals surface area contributed by atoms with Crippen molar-refractivity contribution in [1.82, 2.24) is 5.32 Å². The third-order valence-electron chi connectivity index (χ3n) is 4.19. The van der Waals surface area contributed by atoms with Gasteiger partial charge in [-0.25, -0.2) is 0 Å². The van der Waals surface area contributed by atoms with Gasteiger partial charge in [0, 0.05) is 19.1 Å². The fourth-order valence-electron chi connectivity index (χ4n) is 2.83. The van der Waals surface area contributed by atoms with E-state index in [2.05, 4.69) is 10.6 Å². The van der Waals surface area contributed by atoms with E-state index < -0.39 is 0 Å². The van der Waals surface area contributed by atoms with E-state index in [1.54, 1.807) is 6.07 Å². The second-order valence-corrected chi connectivity index (χ2v) is 6.63. The molecule has 0 bridgehead atoms. The molecule has 4 N–H and O–H groups in total. The molecule has 21 heavy (non-hydrogen) atoms. The van der Waals surface area contributed by atoms with Gasteiger partial charge in [-0.3, -0.25) is 0 Å². The lowest BCUT2D eigenvalue weighted by atomic mass is 9.84. The summed E-state index contributed by atoms with van der Waals surface area (Å²) < 4.78 is 0. The highest BCUT2D eigenvalue weighted by Gasteiger charge is 2.17. The molecule has 0 aromatic heterocycles. The molecule has 5 heteroatoms. The minimum Gasteiger partial charge on any atom is -0.383 e. The fraction of sp³-hybridized carbons (Fsp3) is 0.625. The standard InChI is InChI=1S/C16H25Cl2N3/c17-14-2-1-3-15(16(14)18)21-11-10-20-9-8-12-4-6-13(19)7-5-12/h1-3,12-13,20-21H,4-11,19H2. The van der Waals surface area contributed by atoms with E-state index in [0.29, 0.717) is 16.1 Å². The Kier molecular flexibility index (Phi) is 7.11. The van der Waals surface area contributed by atoms with Crippen molar-refractivity contribution < 1.29 is 0 Å². The first-order valence-corrected chi connectivity index (χ1v) is 8.56. The third kappa shape index (κ3) is 5.67. The van der Waals surface area contributed by atoms with Crippen molar-refractivity contribution in [3.05, 3.63) is 28.2 Å². The number of rotatable bonds is 7. The van der Waals surface area contributed by atoms with Gasteiger partial charge in [-0.1, -0.05) is 29.3 Å². The largest absolute Gasteiger partial charge is 0.383 e. The average molecular weight is 330 g/mol. The van der Waals surface area contributed by atoms with Crippen LogP contribution in [0.4, 0.5) is 5.69 Å². The summed E-state index contributed by atoms with van der Waals surface area (Å²) in [4.78, 5) is 0.